The summed E-state index contributed by atoms with van der Waals surface area (Å²) >= 11 is 5.85. The number of carbonyl (C=O) groups excluding carboxylic acids is 2. The van der Waals surface area contributed by atoms with Crippen molar-refractivity contribution in [1.29, 1.82) is 0 Å². The van der Waals surface area contributed by atoms with Gasteiger partial charge < -0.3 is 15.5 Å². The number of hydrogen-bond acceptors (Lipinski definition) is 3. The Bertz CT molecular complexity index is 788. The maximum Gasteiger partial charge on any atom is 0.228 e. The van der Waals surface area contributed by atoms with Crippen molar-refractivity contribution in [2.45, 2.75) is 13.0 Å². The Morgan fingerprint density at radius 3 is 2.23 bits per heavy atom. The first-order chi connectivity index (χ1) is 12.4. The van der Waals surface area contributed by atoms with Crippen LogP contribution in [0.1, 0.15) is 12.0 Å². The van der Waals surface area contributed by atoms with E-state index in [9.17, 15) is 9.59 Å². The number of amides is 2. The van der Waals surface area contributed by atoms with Gasteiger partial charge in [-0.1, -0.05) is 23.7 Å². The highest BCUT2D eigenvalue weighted by Crippen LogP contribution is 2.39. The first-order valence-electron chi connectivity index (χ1n) is 8.54. The number of anilines is 2. The molecule has 1 aliphatic rings. The predicted molar refractivity (Wildman–Crippen MR) is 104 cm³/mol. The van der Waals surface area contributed by atoms with E-state index in [0.717, 1.165) is 16.9 Å². The van der Waals surface area contributed by atoms with E-state index in [1.54, 1.807) is 12.1 Å². The van der Waals surface area contributed by atoms with Crippen LogP contribution in [0.2, 0.25) is 5.02 Å². The van der Waals surface area contributed by atoms with Crippen LogP contribution in [0.4, 0.5) is 11.4 Å². The number of rotatable bonds is 6. The normalized spacial score (nSPS) is 18.1. The zero-order chi connectivity index (χ0) is 18.7. The lowest BCUT2D eigenvalue weighted by Crippen LogP contribution is -2.27. The molecule has 0 aromatic heterocycles. The Balaban J connectivity index is 1.47. The van der Waals surface area contributed by atoms with Gasteiger partial charge in [-0.15, -0.1) is 0 Å². The largest absolute Gasteiger partial charge is 0.378 e. The van der Waals surface area contributed by atoms with E-state index in [4.69, 9.17) is 11.6 Å². The van der Waals surface area contributed by atoms with Gasteiger partial charge >= 0.3 is 0 Å². The Kier molecular flexibility index (Phi) is 5.47. The van der Waals surface area contributed by atoms with Gasteiger partial charge in [-0.25, -0.2) is 0 Å². The number of nitrogens with one attached hydrogen (secondary N) is 2. The average molecular weight is 372 g/mol. The second-order valence-corrected chi connectivity index (χ2v) is 7.16. The Morgan fingerprint density at radius 2 is 1.62 bits per heavy atom. The van der Waals surface area contributed by atoms with Crippen molar-refractivity contribution >= 4 is 34.8 Å². The zero-order valence-electron chi connectivity index (χ0n) is 14.8. The molecule has 0 radical (unpaired) electrons. The third-order valence-electron chi connectivity index (χ3n) is 4.50. The SMILES string of the molecule is CN(C)c1ccc(NC(=O)C2CC2C(=O)NCc2ccc(Cl)cc2)cc1. The third-order valence-corrected chi connectivity index (χ3v) is 4.75. The molecule has 6 heteroatoms. The molecule has 0 heterocycles. The molecule has 0 bridgehead atoms. The molecule has 26 heavy (non-hydrogen) atoms. The number of nitrogens with zero attached hydrogens (tertiary/aromatic N) is 1. The van der Waals surface area contributed by atoms with Gasteiger partial charge in [0.15, 0.2) is 0 Å². The quantitative estimate of drug-likeness (QED) is 0.819. The number of hydrogen-bond donors (Lipinski definition) is 2. The van der Waals surface area contributed by atoms with Crippen LogP contribution >= 0.6 is 11.6 Å². The van der Waals surface area contributed by atoms with E-state index in [1.807, 2.05) is 55.4 Å². The zero-order valence-corrected chi connectivity index (χ0v) is 15.6. The number of carbonyl (C=O) groups is 2. The molecule has 0 spiro atoms. The third kappa shape index (κ3) is 4.55. The highest BCUT2D eigenvalue weighted by Gasteiger charge is 2.47. The van der Waals surface area contributed by atoms with Gasteiger partial charge in [0.05, 0.1) is 11.8 Å². The molecule has 136 valence electrons. The van der Waals surface area contributed by atoms with E-state index in [-0.39, 0.29) is 23.7 Å². The highest BCUT2D eigenvalue weighted by atomic mass is 35.5. The van der Waals surface area contributed by atoms with Gasteiger partial charge in [-0.3, -0.25) is 9.59 Å². The molecule has 2 aromatic rings. The maximum absolute atomic E-state index is 12.3. The second-order valence-electron chi connectivity index (χ2n) is 6.72. The molecule has 2 aromatic carbocycles. The Labute approximate surface area is 158 Å². The van der Waals surface area contributed by atoms with Crippen molar-refractivity contribution in [3.8, 4) is 0 Å². The summed E-state index contributed by atoms with van der Waals surface area (Å²) < 4.78 is 0. The van der Waals surface area contributed by atoms with Gasteiger partial charge in [-0.2, -0.15) is 0 Å². The summed E-state index contributed by atoms with van der Waals surface area (Å²) in [7, 11) is 3.93. The monoisotopic (exact) mass is 371 g/mol. The van der Waals surface area contributed by atoms with Crippen molar-refractivity contribution in [3.63, 3.8) is 0 Å². The standard InChI is InChI=1S/C20H22ClN3O2/c1-24(2)16-9-7-15(8-10-16)23-20(26)18-11-17(18)19(25)22-12-13-3-5-14(21)6-4-13/h3-10,17-18H,11-12H2,1-2H3,(H,22,25)(H,23,26). The van der Waals surface area contributed by atoms with Crippen LogP contribution in [0.3, 0.4) is 0 Å². The van der Waals surface area contributed by atoms with E-state index in [1.165, 1.54) is 0 Å². The van der Waals surface area contributed by atoms with Crippen molar-refractivity contribution < 1.29 is 9.59 Å². The van der Waals surface area contributed by atoms with E-state index < -0.39 is 0 Å². The summed E-state index contributed by atoms with van der Waals surface area (Å²) in [6.07, 6.45) is 0.591. The molecule has 2 N–H and O–H groups in total. The van der Waals surface area contributed by atoms with Gasteiger partial charge in [0.25, 0.3) is 0 Å². The van der Waals surface area contributed by atoms with E-state index in [2.05, 4.69) is 10.6 Å². The predicted octanol–water partition coefficient (Wildman–Crippen LogP) is 3.30. The summed E-state index contributed by atoms with van der Waals surface area (Å²) in [6, 6.07) is 14.9. The van der Waals surface area contributed by atoms with E-state index in [0.29, 0.717) is 18.0 Å². The van der Waals surface area contributed by atoms with Crippen molar-refractivity contribution in [3.05, 3.63) is 59.1 Å². The summed E-state index contributed by atoms with van der Waals surface area (Å²) in [5.74, 6) is -0.686. The molecule has 0 saturated heterocycles. The van der Waals surface area contributed by atoms with Gasteiger partial charge in [0.2, 0.25) is 11.8 Å². The van der Waals surface area contributed by atoms with Crippen molar-refractivity contribution in [1.82, 2.24) is 5.32 Å². The van der Waals surface area contributed by atoms with E-state index >= 15 is 0 Å². The lowest BCUT2D eigenvalue weighted by Gasteiger charge is -2.13. The molecule has 3 rings (SSSR count). The fourth-order valence-corrected chi connectivity index (χ4v) is 2.90. The second kappa shape index (κ2) is 7.79. The van der Waals surface area contributed by atoms with Crippen LogP contribution in [-0.4, -0.2) is 25.9 Å². The van der Waals surface area contributed by atoms with Crippen molar-refractivity contribution in [2.24, 2.45) is 11.8 Å². The molecule has 1 aliphatic carbocycles. The first kappa shape index (κ1) is 18.3. The van der Waals surface area contributed by atoms with Gasteiger partial charge in [-0.05, 0) is 48.4 Å². The average Bonchev–Trinajstić information content (AvgIpc) is 3.42. The molecular weight excluding hydrogens is 350 g/mol. The van der Waals surface area contributed by atoms with Crippen molar-refractivity contribution in [2.75, 3.05) is 24.3 Å². The lowest BCUT2D eigenvalue weighted by molar-refractivity contribution is -0.125. The molecule has 2 atom stereocenters. The Hall–Kier alpha value is -2.53. The summed E-state index contributed by atoms with van der Waals surface area (Å²) in [5.41, 5.74) is 2.78. The molecular formula is C20H22ClN3O2. The van der Waals surface area contributed by atoms with Crippen LogP contribution in [0.5, 0.6) is 0 Å². The Morgan fingerprint density at radius 1 is 1.00 bits per heavy atom. The smallest absolute Gasteiger partial charge is 0.228 e. The topological polar surface area (TPSA) is 61.4 Å². The fourth-order valence-electron chi connectivity index (χ4n) is 2.77. The van der Waals surface area contributed by atoms with Gasteiger partial charge in [0, 0.05) is 37.0 Å². The highest BCUT2D eigenvalue weighted by molar-refractivity contribution is 6.30. The molecule has 5 nitrogen and oxygen atoms in total. The minimum absolute atomic E-state index is 0.0805. The maximum atomic E-state index is 12.3. The van der Waals surface area contributed by atoms with Gasteiger partial charge in [0.1, 0.15) is 0 Å². The summed E-state index contributed by atoms with van der Waals surface area (Å²) in [6.45, 7) is 0.437. The lowest BCUT2D eigenvalue weighted by atomic mass is 10.2. The minimum atomic E-state index is -0.256. The first-order valence-corrected chi connectivity index (χ1v) is 8.92. The summed E-state index contributed by atoms with van der Waals surface area (Å²) in [4.78, 5) is 26.5. The minimum Gasteiger partial charge on any atom is -0.378 e. The van der Waals surface area contributed by atoms with Crippen LogP contribution in [0, 0.1) is 11.8 Å². The molecule has 1 saturated carbocycles. The fraction of sp³-hybridized carbons (Fsp3) is 0.300. The molecule has 1 fully saturated rings. The van der Waals surface area contributed by atoms with Crippen LogP contribution in [0.25, 0.3) is 0 Å². The molecule has 2 unspecified atom stereocenters. The molecule has 0 aliphatic heterocycles. The number of halogens is 1. The van der Waals surface area contributed by atoms with Crippen LogP contribution in [-0.2, 0) is 16.1 Å². The van der Waals surface area contributed by atoms with Crippen LogP contribution < -0.4 is 15.5 Å². The summed E-state index contributed by atoms with van der Waals surface area (Å²) in [5, 5.41) is 6.43. The molecule has 2 amide bonds. The number of benzene rings is 2. The van der Waals surface area contributed by atoms with Crippen LogP contribution in [0.15, 0.2) is 48.5 Å².